The van der Waals surface area contributed by atoms with E-state index < -0.39 is 0 Å². The van der Waals surface area contributed by atoms with Crippen LogP contribution in [0.25, 0.3) is 0 Å². The highest BCUT2D eigenvalue weighted by Gasteiger charge is 2.05. The summed E-state index contributed by atoms with van der Waals surface area (Å²) in [5, 5.41) is 7.22. The Labute approximate surface area is 89.8 Å². The number of hydrogen-bond donors (Lipinski definition) is 2. The summed E-state index contributed by atoms with van der Waals surface area (Å²) in [6, 6.07) is 6.88. The number of rotatable bonds is 5. The number of unbranched alkanes of at least 4 members (excludes halogenated alkanes) is 1. The Balaban J connectivity index is 2.71. The SMILES string of the molecule is CCCCC(=O)c1ccc(C(=N)N)cc1. The molecule has 0 saturated heterocycles. The number of carbonyl (C=O) groups is 1. The maximum atomic E-state index is 11.6. The second kappa shape index (κ2) is 5.29. The van der Waals surface area contributed by atoms with Gasteiger partial charge in [-0.2, -0.15) is 0 Å². The first kappa shape index (κ1) is 11.4. The Bertz CT molecular complexity index is 354. The van der Waals surface area contributed by atoms with E-state index in [0.717, 1.165) is 12.8 Å². The number of benzene rings is 1. The zero-order chi connectivity index (χ0) is 11.3. The minimum Gasteiger partial charge on any atom is -0.384 e. The highest BCUT2D eigenvalue weighted by Crippen LogP contribution is 2.08. The molecule has 0 atom stereocenters. The summed E-state index contributed by atoms with van der Waals surface area (Å²) in [6.07, 6.45) is 2.54. The standard InChI is InChI=1S/C12H16N2O/c1-2-3-4-11(15)9-5-7-10(8-6-9)12(13)14/h5-8H,2-4H2,1H3,(H3,13,14). The van der Waals surface area contributed by atoms with Gasteiger partial charge in [-0.1, -0.05) is 37.6 Å². The van der Waals surface area contributed by atoms with Gasteiger partial charge < -0.3 is 5.73 Å². The largest absolute Gasteiger partial charge is 0.384 e. The first-order chi connectivity index (χ1) is 7.15. The van der Waals surface area contributed by atoms with E-state index in [2.05, 4.69) is 6.92 Å². The molecule has 1 aromatic carbocycles. The summed E-state index contributed by atoms with van der Waals surface area (Å²) in [5.41, 5.74) is 6.68. The van der Waals surface area contributed by atoms with Gasteiger partial charge in [-0.3, -0.25) is 10.2 Å². The average Bonchev–Trinajstić information content (AvgIpc) is 2.26. The van der Waals surface area contributed by atoms with Crippen molar-refractivity contribution in [1.82, 2.24) is 0 Å². The molecule has 80 valence electrons. The summed E-state index contributed by atoms with van der Waals surface area (Å²) in [7, 11) is 0. The van der Waals surface area contributed by atoms with Crippen LogP contribution in [0.4, 0.5) is 0 Å². The van der Waals surface area contributed by atoms with E-state index in [-0.39, 0.29) is 11.6 Å². The molecule has 0 aliphatic heterocycles. The van der Waals surface area contributed by atoms with Crippen LogP contribution < -0.4 is 5.73 Å². The summed E-state index contributed by atoms with van der Waals surface area (Å²) in [6.45, 7) is 2.06. The molecule has 1 aromatic rings. The Morgan fingerprint density at radius 2 is 1.80 bits per heavy atom. The fourth-order valence-corrected chi connectivity index (χ4v) is 1.32. The zero-order valence-corrected chi connectivity index (χ0v) is 8.92. The maximum Gasteiger partial charge on any atom is 0.162 e. The molecule has 0 aliphatic carbocycles. The van der Waals surface area contributed by atoms with Gasteiger partial charge in [-0.25, -0.2) is 0 Å². The van der Waals surface area contributed by atoms with E-state index in [1.807, 2.05) is 0 Å². The Morgan fingerprint density at radius 1 is 1.27 bits per heavy atom. The van der Waals surface area contributed by atoms with Gasteiger partial charge in [0, 0.05) is 17.5 Å². The van der Waals surface area contributed by atoms with Gasteiger partial charge >= 0.3 is 0 Å². The molecule has 3 nitrogen and oxygen atoms in total. The number of nitrogens with one attached hydrogen (secondary N) is 1. The number of amidine groups is 1. The van der Waals surface area contributed by atoms with Crippen LogP contribution in [-0.2, 0) is 0 Å². The molecule has 0 unspecified atom stereocenters. The van der Waals surface area contributed by atoms with Crippen LogP contribution in [0.15, 0.2) is 24.3 Å². The van der Waals surface area contributed by atoms with E-state index in [1.54, 1.807) is 24.3 Å². The molecule has 0 radical (unpaired) electrons. The zero-order valence-electron chi connectivity index (χ0n) is 8.92. The molecule has 3 N–H and O–H groups in total. The Kier molecular flexibility index (Phi) is 4.03. The summed E-state index contributed by atoms with van der Waals surface area (Å²) >= 11 is 0. The number of carbonyl (C=O) groups excluding carboxylic acids is 1. The number of nitrogen functional groups attached to an aromatic ring is 1. The summed E-state index contributed by atoms with van der Waals surface area (Å²) in [4.78, 5) is 11.6. The first-order valence-electron chi connectivity index (χ1n) is 5.12. The molecule has 3 heteroatoms. The van der Waals surface area contributed by atoms with Gasteiger partial charge in [0.25, 0.3) is 0 Å². The monoisotopic (exact) mass is 204 g/mol. The van der Waals surface area contributed by atoms with Gasteiger partial charge in [0.2, 0.25) is 0 Å². The molecule has 0 heterocycles. The second-order valence-electron chi connectivity index (χ2n) is 3.52. The molecule has 0 fully saturated rings. The minimum absolute atomic E-state index is 0.0301. The van der Waals surface area contributed by atoms with Crippen LogP contribution in [0.3, 0.4) is 0 Å². The van der Waals surface area contributed by atoms with Gasteiger partial charge in [0.15, 0.2) is 5.78 Å². The smallest absolute Gasteiger partial charge is 0.162 e. The van der Waals surface area contributed by atoms with Crippen molar-refractivity contribution in [1.29, 1.82) is 5.41 Å². The van der Waals surface area contributed by atoms with Crippen LogP contribution in [0.2, 0.25) is 0 Å². The summed E-state index contributed by atoms with van der Waals surface area (Å²) < 4.78 is 0. The van der Waals surface area contributed by atoms with Crippen molar-refractivity contribution in [2.24, 2.45) is 5.73 Å². The van der Waals surface area contributed by atoms with Gasteiger partial charge in [-0.15, -0.1) is 0 Å². The molecular weight excluding hydrogens is 188 g/mol. The molecule has 0 aliphatic rings. The van der Waals surface area contributed by atoms with Crippen molar-refractivity contribution >= 4 is 11.6 Å². The molecule has 0 amide bonds. The number of hydrogen-bond acceptors (Lipinski definition) is 2. The lowest BCUT2D eigenvalue weighted by Crippen LogP contribution is -2.11. The third-order valence-corrected chi connectivity index (χ3v) is 2.28. The number of Topliss-reactive ketones (excluding diaryl/α,β-unsaturated/α-hetero) is 1. The van der Waals surface area contributed by atoms with E-state index in [4.69, 9.17) is 11.1 Å². The van der Waals surface area contributed by atoms with E-state index >= 15 is 0 Å². The maximum absolute atomic E-state index is 11.6. The van der Waals surface area contributed by atoms with Crippen LogP contribution in [0.5, 0.6) is 0 Å². The van der Waals surface area contributed by atoms with E-state index in [9.17, 15) is 4.79 Å². The fourth-order valence-electron chi connectivity index (χ4n) is 1.32. The predicted octanol–water partition coefficient (Wildman–Crippen LogP) is 2.34. The second-order valence-corrected chi connectivity index (χ2v) is 3.52. The lowest BCUT2D eigenvalue weighted by Gasteiger charge is -2.01. The van der Waals surface area contributed by atoms with Crippen molar-refractivity contribution in [3.8, 4) is 0 Å². The van der Waals surface area contributed by atoms with Crippen molar-refractivity contribution in [3.05, 3.63) is 35.4 Å². The van der Waals surface area contributed by atoms with E-state index in [0.29, 0.717) is 17.5 Å². The van der Waals surface area contributed by atoms with Crippen molar-refractivity contribution < 1.29 is 4.79 Å². The molecule has 0 bridgehead atoms. The minimum atomic E-state index is 0.0301. The van der Waals surface area contributed by atoms with Gasteiger partial charge in [0.05, 0.1) is 0 Å². The quantitative estimate of drug-likeness (QED) is 0.439. The van der Waals surface area contributed by atoms with Crippen LogP contribution in [-0.4, -0.2) is 11.6 Å². The highest BCUT2D eigenvalue weighted by atomic mass is 16.1. The highest BCUT2D eigenvalue weighted by molar-refractivity contribution is 5.99. The molecule has 1 rings (SSSR count). The van der Waals surface area contributed by atoms with Gasteiger partial charge in [0.1, 0.15) is 5.84 Å². The average molecular weight is 204 g/mol. The Hall–Kier alpha value is -1.64. The third-order valence-electron chi connectivity index (χ3n) is 2.28. The molecule has 0 saturated carbocycles. The lowest BCUT2D eigenvalue weighted by atomic mass is 10.0. The van der Waals surface area contributed by atoms with E-state index in [1.165, 1.54) is 0 Å². The Morgan fingerprint density at radius 3 is 2.27 bits per heavy atom. The molecular formula is C12H16N2O. The fraction of sp³-hybridized carbons (Fsp3) is 0.333. The third kappa shape index (κ3) is 3.20. The topological polar surface area (TPSA) is 66.9 Å². The number of ketones is 1. The summed E-state index contributed by atoms with van der Waals surface area (Å²) in [5.74, 6) is 0.189. The lowest BCUT2D eigenvalue weighted by molar-refractivity contribution is 0.0980. The van der Waals surface area contributed by atoms with Crippen molar-refractivity contribution in [2.75, 3.05) is 0 Å². The van der Waals surface area contributed by atoms with Crippen LogP contribution in [0.1, 0.15) is 42.1 Å². The van der Waals surface area contributed by atoms with Crippen LogP contribution in [0, 0.1) is 5.41 Å². The molecule has 0 aromatic heterocycles. The number of nitrogens with two attached hydrogens (primary N) is 1. The van der Waals surface area contributed by atoms with Crippen molar-refractivity contribution in [3.63, 3.8) is 0 Å². The predicted molar refractivity (Wildman–Crippen MR) is 61.3 cm³/mol. The molecule has 15 heavy (non-hydrogen) atoms. The van der Waals surface area contributed by atoms with Crippen LogP contribution >= 0.6 is 0 Å². The van der Waals surface area contributed by atoms with Gasteiger partial charge in [-0.05, 0) is 6.42 Å². The molecule has 0 spiro atoms. The normalized spacial score (nSPS) is 9.93. The first-order valence-corrected chi connectivity index (χ1v) is 5.12. The van der Waals surface area contributed by atoms with Crippen molar-refractivity contribution in [2.45, 2.75) is 26.2 Å².